The van der Waals surface area contributed by atoms with E-state index in [1.807, 2.05) is 18.2 Å². The summed E-state index contributed by atoms with van der Waals surface area (Å²) < 4.78 is 1.03. The van der Waals surface area contributed by atoms with E-state index >= 15 is 0 Å². The number of rotatable bonds is 2. The fourth-order valence-corrected chi connectivity index (χ4v) is 2.72. The fourth-order valence-electron chi connectivity index (χ4n) is 1.58. The molecular weight excluding hydrogens is 268 g/mol. The summed E-state index contributed by atoms with van der Waals surface area (Å²) in [5.41, 5.74) is 7.31. The predicted octanol–water partition coefficient (Wildman–Crippen LogP) is 3.67. The average molecular weight is 277 g/mol. The van der Waals surface area contributed by atoms with Crippen molar-refractivity contribution in [3.63, 3.8) is 0 Å². The Morgan fingerprint density at radius 3 is 3.00 bits per heavy atom. The van der Waals surface area contributed by atoms with Crippen LogP contribution in [0.2, 0.25) is 5.02 Å². The van der Waals surface area contributed by atoms with E-state index < -0.39 is 0 Å². The quantitative estimate of drug-likeness (QED) is 0.749. The first-order chi connectivity index (χ1) is 8.72. The van der Waals surface area contributed by atoms with Gasteiger partial charge in [-0.25, -0.2) is 9.97 Å². The Kier molecular flexibility index (Phi) is 2.77. The summed E-state index contributed by atoms with van der Waals surface area (Å²) in [7, 11) is 0. The first kappa shape index (κ1) is 11.3. The van der Waals surface area contributed by atoms with Crippen molar-refractivity contribution in [2.24, 2.45) is 0 Å². The lowest BCUT2D eigenvalue weighted by Crippen LogP contribution is -1.97. The second kappa shape index (κ2) is 4.44. The van der Waals surface area contributed by atoms with Gasteiger partial charge in [-0.3, -0.25) is 0 Å². The van der Waals surface area contributed by atoms with Gasteiger partial charge in [0, 0.05) is 11.2 Å². The number of fused-ring (bicyclic) bond motifs is 1. The van der Waals surface area contributed by atoms with Crippen molar-refractivity contribution >= 4 is 49.8 Å². The summed E-state index contributed by atoms with van der Waals surface area (Å²) in [6, 6.07) is 9.18. The second-order valence-electron chi connectivity index (χ2n) is 3.70. The molecule has 0 unspecified atom stereocenters. The van der Waals surface area contributed by atoms with Crippen molar-refractivity contribution < 1.29 is 0 Å². The number of halogens is 1. The summed E-state index contributed by atoms with van der Waals surface area (Å²) >= 11 is 7.45. The number of thiazole rings is 1. The predicted molar refractivity (Wildman–Crippen MR) is 76.6 cm³/mol. The molecule has 0 aliphatic carbocycles. The first-order valence-electron chi connectivity index (χ1n) is 5.26. The van der Waals surface area contributed by atoms with E-state index in [-0.39, 0.29) is 0 Å². The van der Waals surface area contributed by atoms with Gasteiger partial charge in [0.05, 0.1) is 15.9 Å². The number of aromatic nitrogens is 2. The van der Waals surface area contributed by atoms with E-state index in [0.717, 1.165) is 15.3 Å². The maximum atomic E-state index is 5.94. The molecule has 0 aliphatic heterocycles. The fraction of sp³-hybridized carbons (Fsp3) is 0. The number of benzene rings is 1. The molecule has 3 N–H and O–H groups in total. The molecular formula is C12H9ClN4S. The van der Waals surface area contributed by atoms with Crippen LogP contribution in [-0.2, 0) is 0 Å². The molecule has 90 valence electrons. The zero-order chi connectivity index (χ0) is 12.5. The minimum absolute atomic E-state index is 0.592. The van der Waals surface area contributed by atoms with Crippen molar-refractivity contribution in [2.45, 2.75) is 0 Å². The Morgan fingerprint density at radius 1 is 1.28 bits per heavy atom. The van der Waals surface area contributed by atoms with Crippen molar-refractivity contribution in [1.29, 1.82) is 0 Å². The number of nitrogens with zero attached hydrogens (tertiary/aromatic N) is 2. The molecule has 1 aromatic carbocycles. The van der Waals surface area contributed by atoms with Crippen LogP contribution in [0, 0.1) is 0 Å². The van der Waals surface area contributed by atoms with E-state index in [4.69, 9.17) is 17.3 Å². The van der Waals surface area contributed by atoms with E-state index in [2.05, 4.69) is 15.3 Å². The summed E-state index contributed by atoms with van der Waals surface area (Å²) in [5.74, 6) is 0.614. The highest BCUT2D eigenvalue weighted by Crippen LogP contribution is 2.30. The van der Waals surface area contributed by atoms with Crippen molar-refractivity contribution in [3.8, 4) is 0 Å². The zero-order valence-electron chi connectivity index (χ0n) is 9.22. The maximum absolute atomic E-state index is 5.94. The maximum Gasteiger partial charge on any atom is 0.189 e. The lowest BCUT2D eigenvalue weighted by molar-refractivity contribution is 1.30. The van der Waals surface area contributed by atoms with Crippen LogP contribution < -0.4 is 11.1 Å². The van der Waals surface area contributed by atoms with Crippen LogP contribution >= 0.6 is 22.9 Å². The van der Waals surface area contributed by atoms with E-state index in [9.17, 15) is 0 Å². The molecule has 0 bridgehead atoms. The summed E-state index contributed by atoms with van der Waals surface area (Å²) in [4.78, 5) is 8.61. The molecule has 0 saturated carbocycles. The smallest absolute Gasteiger partial charge is 0.189 e. The number of anilines is 3. The van der Waals surface area contributed by atoms with Gasteiger partial charge in [0.15, 0.2) is 10.9 Å². The van der Waals surface area contributed by atoms with Crippen LogP contribution in [0.25, 0.3) is 10.2 Å². The third kappa shape index (κ3) is 2.10. The number of hydrogen-bond donors (Lipinski definition) is 2. The normalized spacial score (nSPS) is 10.7. The van der Waals surface area contributed by atoms with Crippen molar-refractivity contribution in [3.05, 3.63) is 41.6 Å². The van der Waals surface area contributed by atoms with Crippen LogP contribution in [0.3, 0.4) is 0 Å². The second-order valence-corrected chi connectivity index (χ2v) is 5.16. The van der Waals surface area contributed by atoms with Crippen LogP contribution in [0.4, 0.5) is 16.6 Å². The summed E-state index contributed by atoms with van der Waals surface area (Å²) in [6.07, 6.45) is 1.68. The van der Waals surface area contributed by atoms with Gasteiger partial charge in [-0.05, 0) is 30.3 Å². The zero-order valence-corrected chi connectivity index (χ0v) is 10.8. The minimum Gasteiger partial charge on any atom is -0.396 e. The van der Waals surface area contributed by atoms with Crippen molar-refractivity contribution in [2.75, 3.05) is 11.1 Å². The molecule has 2 aromatic heterocycles. The molecule has 0 spiro atoms. The number of nitrogen functional groups attached to an aromatic ring is 1. The third-order valence-corrected chi connectivity index (χ3v) is 3.58. The molecule has 2 heterocycles. The van der Waals surface area contributed by atoms with Gasteiger partial charge < -0.3 is 11.1 Å². The number of nitrogens with one attached hydrogen (secondary N) is 1. The molecule has 18 heavy (non-hydrogen) atoms. The van der Waals surface area contributed by atoms with Gasteiger partial charge in [-0.1, -0.05) is 22.9 Å². The number of pyridine rings is 1. The molecule has 0 atom stereocenters. The Labute approximate surface area is 112 Å². The topological polar surface area (TPSA) is 63.8 Å². The standard InChI is InChI=1S/C12H9ClN4S/c13-7-3-4-9-10(6-7)18-12(16-9)17-11-8(14)2-1-5-15-11/h1-6H,14H2,(H,15,16,17). The summed E-state index contributed by atoms with van der Waals surface area (Å²) in [5, 5.41) is 4.56. The van der Waals surface area contributed by atoms with Crippen LogP contribution in [-0.4, -0.2) is 9.97 Å². The Balaban J connectivity index is 1.98. The van der Waals surface area contributed by atoms with E-state index in [1.165, 1.54) is 11.3 Å². The summed E-state index contributed by atoms with van der Waals surface area (Å²) in [6.45, 7) is 0. The molecule has 3 aromatic rings. The first-order valence-corrected chi connectivity index (χ1v) is 6.45. The molecule has 0 amide bonds. The Hall–Kier alpha value is -1.85. The molecule has 0 aliphatic rings. The van der Waals surface area contributed by atoms with Crippen LogP contribution in [0.1, 0.15) is 0 Å². The number of nitrogens with two attached hydrogens (primary N) is 1. The van der Waals surface area contributed by atoms with Gasteiger partial charge in [0.2, 0.25) is 0 Å². The largest absolute Gasteiger partial charge is 0.396 e. The number of hydrogen-bond acceptors (Lipinski definition) is 5. The highest BCUT2D eigenvalue weighted by atomic mass is 35.5. The van der Waals surface area contributed by atoms with Crippen molar-refractivity contribution in [1.82, 2.24) is 9.97 Å². The van der Waals surface area contributed by atoms with Gasteiger partial charge in [0.25, 0.3) is 0 Å². The molecule has 3 rings (SSSR count). The SMILES string of the molecule is Nc1cccnc1Nc1nc2ccc(Cl)cc2s1. The van der Waals surface area contributed by atoms with Gasteiger partial charge >= 0.3 is 0 Å². The lowest BCUT2D eigenvalue weighted by atomic mass is 10.3. The molecule has 0 saturated heterocycles. The molecule has 4 nitrogen and oxygen atoms in total. The lowest BCUT2D eigenvalue weighted by Gasteiger charge is -2.03. The Bertz CT molecular complexity index is 710. The Morgan fingerprint density at radius 2 is 2.17 bits per heavy atom. The van der Waals surface area contributed by atoms with Crippen LogP contribution in [0.15, 0.2) is 36.5 Å². The molecule has 0 fully saturated rings. The minimum atomic E-state index is 0.592. The van der Waals surface area contributed by atoms with Gasteiger partial charge in [-0.2, -0.15) is 0 Å². The molecule has 6 heteroatoms. The molecule has 0 radical (unpaired) electrons. The van der Waals surface area contributed by atoms with Gasteiger partial charge in [0.1, 0.15) is 0 Å². The highest BCUT2D eigenvalue weighted by molar-refractivity contribution is 7.22. The van der Waals surface area contributed by atoms with E-state index in [0.29, 0.717) is 16.5 Å². The highest BCUT2D eigenvalue weighted by Gasteiger charge is 2.06. The van der Waals surface area contributed by atoms with E-state index in [1.54, 1.807) is 18.3 Å². The monoisotopic (exact) mass is 276 g/mol. The average Bonchev–Trinajstić information content (AvgIpc) is 2.73. The van der Waals surface area contributed by atoms with Gasteiger partial charge in [-0.15, -0.1) is 0 Å². The third-order valence-electron chi connectivity index (χ3n) is 2.41. The van der Waals surface area contributed by atoms with Crippen LogP contribution in [0.5, 0.6) is 0 Å².